The molecule has 0 saturated carbocycles. The first-order valence-electron chi connectivity index (χ1n) is 9.41. The first-order chi connectivity index (χ1) is 14.3. The van der Waals surface area contributed by atoms with Gasteiger partial charge in [-0.3, -0.25) is 4.79 Å². The fourth-order valence-electron chi connectivity index (χ4n) is 2.93. The van der Waals surface area contributed by atoms with Crippen molar-refractivity contribution >= 4 is 27.3 Å². The number of halogens is 1. The van der Waals surface area contributed by atoms with Crippen LogP contribution in [0.25, 0.3) is 0 Å². The van der Waals surface area contributed by atoms with Crippen molar-refractivity contribution < 1.29 is 17.6 Å². The Labute approximate surface area is 180 Å². The van der Waals surface area contributed by atoms with Gasteiger partial charge in [-0.25, -0.2) is 17.5 Å². The van der Waals surface area contributed by atoms with E-state index in [4.69, 9.17) is 0 Å². The van der Waals surface area contributed by atoms with Gasteiger partial charge in [0.25, 0.3) is 0 Å². The van der Waals surface area contributed by atoms with Crippen LogP contribution in [0.2, 0.25) is 0 Å². The van der Waals surface area contributed by atoms with Crippen LogP contribution in [0.3, 0.4) is 0 Å². The molecule has 0 aliphatic heterocycles. The molecule has 1 atom stereocenters. The van der Waals surface area contributed by atoms with E-state index in [0.29, 0.717) is 0 Å². The summed E-state index contributed by atoms with van der Waals surface area (Å²) in [6.07, 6.45) is -0.0207. The lowest BCUT2D eigenvalue weighted by Gasteiger charge is -2.18. The monoisotopic (exact) mass is 446 g/mol. The summed E-state index contributed by atoms with van der Waals surface area (Å²) in [5, 5.41) is 4.81. The molecule has 0 spiro atoms. The van der Waals surface area contributed by atoms with Gasteiger partial charge in [0, 0.05) is 17.8 Å². The maximum absolute atomic E-state index is 13.3. The van der Waals surface area contributed by atoms with Crippen LogP contribution in [0.5, 0.6) is 0 Å². The molecule has 0 bridgehead atoms. The number of sulfonamides is 1. The molecule has 0 radical (unpaired) electrons. The van der Waals surface area contributed by atoms with Gasteiger partial charge in [0.15, 0.2) is 0 Å². The van der Waals surface area contributed by atoms with Gasteiger partial charge in [0.2, 0.25) is 15.9 Å². The van der Waals surface area contributed by atoms with E-state index in [1.807, 2.05) is 31.4 Å². The largest absolute Gasteiger partial charge is 0.344 e. The lowest BCUT2D eigenvalue weighted by atomic mass is 10.1. The predicted octanol–water partition coefficient (Wildman–Crippen LogP) is 4.08. The van der Waals surface area contributed by atoms with Crippen LogP contribution in [0.1, 0.15) is 34.0 Å². The molecule has 1 unspecified atom stereocenters. The van der Waals surface area contributed by atoms with Crippen molar-refractivity contribution in [3.63, 3.8) is 0 Å². The predicted molar refractivity (Wildman–Crippen MR) is 116 cm³/mol. The first-order valence-corrected chi connectivity index (χ1v) is 11.8. The molecule has 30 heavy (non-hydrogen) atoms. The third-order valence-electron chi connectivity index (χ3n) is 4.77. The second-order valence-corrected chi connectivity index (χ2v) is 9.71. The Morgan fingerprint density at radius 2 is 1.80 bits per heavy atom. The third kappa shape index (κ3) is 5.53. The van der Waals surface area contributed by atoms with E-state index < -0.39 is 16.1 Å². The fraction of sp³-hybridized carbons (Fsp3) is 0.227. The number of carbonyl (C=O) groups excluding carboxylic acids is 1. The SMILES string of the molecule is Cc1ccc(S(=O)(=O)NCCC(=O)NC(c2ccc(F)cc2)c2cccs2)cc1C. The lowest BCUT2D eigenvalue weighted by Crippen LogP contribution is -2.33. The highest BCUT2D eigenvalue weighted by Crippen LogP contribution is 2.26. The van der Waals surface area contributed by atoms with Gasteiger partial charge < -0.3 is 5.32 Å². The topological polar surface area (TPSA) is 75.3 Å². The minimum Gasteiger partial charge on any atom is -0.344 e. The van der Waals surface area contributed by atoms with Crippen LogP contribution < -0.4 is 10.0 Å². The molecule has 5 nitrogen and oxygen atoms in total. The normalized spacial score (nSPS) is 12.5. The number of rotatable bonds is 8. The van der Waals surface area contributed by atoms with E-state index in [2.05, 4.69) is 10.0 Å². The van der Waals surface area contributed by atoms with E-state index >= 15 is 0 Å². The summed E-state index contributed by atoms with van der Waals surface area (Å²) >= 11 is 1.48. The maximum Gasteiger partial charge on any atom is 0.240 e. The Balaban J connectivity index is 1.63. The fourth-order valence-corrected chi connectivity index (χ4v) is 4.85. The Kier molecular flexibility index (Phi) is 7.02. The van der Waals surface area contributed by atoms with E-state index in [1.54, 1.807) is 30.3 Å². The number of hydrogen-bond acceptors (Lipinski definition) is 4. The molecule has 0 saturated heterocycles. The van der Waals surface area contributed by atoms with Crippen molar-refractivity contribution in [2.24, 2.45) is 0 Å². The van der Waals surface area contributed by atoms with Crippen molar-refractivity contribution in [2.45, 2.75) is 31.2 Å². The van der Waals surface area contributed by atoms with Crippen molar-refractivity contribution in [1.29, 1.82) is 0 Å². The van der Waals surface area contributed by atoms with Gasteiger partial charge >= 0.3 is 0 Å². The number of hydrogen-bond donors (Lipinski definition) is 2. The second kappa shape index (κ2) is 9.51. The van der Waals surface area contributed by atoms with Crippen LogP contribution in [0, 0.1) is 19.7 Å². The molecule has 158 valence electrons. The standard InChI is InChI=1S/C22H23FN2O3S2/c1-15-5-10-19(14-16(15)2)30(27,28)24-12-11-21(26)25-22(20-4-3-13-29-20)17-6-8-18(23)9-7-17/h3-10,13-14,22,24H,11-12H2,1-2H3,(H,25,26). The van der Waals surface area contributed by atoms with Crippen LogP contribution in [0.4, 0.5) is 4.39 Å². The van der Waals surface area contributed by atoms with Crippen LogP contribution in [-0.4, -0.2) is 20.9 Å². The van der Waals surface area contributed by atoms with Gasteiger partial charge in [-0.05, 0) is 66.2 Å². The van der Waals surface area contributed by atoms with Gasteiger partial charge in [0.05, 0.1) is 10.9 Å². The molecule has 1 amide bonds. The quantitative estimate of drug-likeness (QED) is 0.548. The lowest BCUT2D eigenvalue weighted by molar-refractivity contribution is -0.121. The zero-order chi connectivity index (χ0) is 21.7. The molecule has 2 N–H and O–H groups in total. The summed E-state index contributed by atoms with van der Waals surface area (Å²) in [6.45, 7) is 3.73. The molecular weight excluding hydrogens is 423 g/mol. The number of nitrogens with one attached hydrogen (secondary N) is 2. The minimum atomic E-state index is -3.69. The van der Waals surface area contributed by atoms with Crippen molar-refractivity contribution in [1.82, 2.24) is 10.0 Å². The van der Waals surface area contributed by atoms with Crippen LogP contribution in [-0.2, 0) is 14.8 Å². The number of thiophene rings is 1. The second-order valence-electron chi connectivity index (χ2n) is 6.96. The number of benzene rings is 2. The summed E-state index contributed by atoms with van der Waals surface area (Å²) in [6, 6.07) is 14.2. The molecular formula is C22H23FN2O3S2. The minimum absolute atomic E-state index is 0.0207. The molecule has 0 fully saturated rings. The highest BCUT2D eigenvalue weighted by Gasteiger charge is 2.19. The van der Waals surface area contributed by atoms with Gasteiger partial charge in [-0.1, -0.05) is 24.3 Å². The zero-order valence-corrected chi connectivity index (χ0v) is 18.3. The molecule has 2 aromatic carbocycles. The van der Waals surface area contributed by atoms with E-state index in [1.165, 1.54) is 23.5 Å². The average Bonchev–Trinajstić information content (AvgIpc) is 3.23. The Morgan fingerprint density at radius 1 is 1.07 bits per heavy atom. The molecule has 3 rings (SSSR count). The highest BCUT2D eigenvalue weighted by molar-refractivity contribution is 7.89. The van der Waals surface area contributed by atoms with Crippen molar-refractivity contribution in [3.8, 4) is 0 Å². The molecule has 1 aromatic heterocycles. The zero-order valence-electron chi connectivity index (χ0n) is 16.7. The molecule has 8 heteroatoms. The average molecular weight is 447 g/mol. The molecule has 3 aromatic rings. The summed E-state index contributed by atoms with van der Waals surface area (Å²) in [5.74, 6) is -0.656. The van der Waals surface area contributed by atoms with Crippen LogP contribution in [0.15, 0.2) is 64.9 Å². The van der Waals surface area contributed by atoms with Gasteiger partial charge in [-0.15, -0.1) is 11.3 Å². The van der Waals surface area contributed by atoms with Crippen molar-refractivity contribution in [2.75, 3.05) is 6.54 Å². The molecule has 0 aliphatic carbocycles. The number of aryl methyl sites for hydroxylation is 2. The van der Waals surface area contributed by atoms with Gasteiger partial charge in [0.1, 0.15) is 5.82 Å². The number of carbonyl (C=O) groups is 1. The Morgan fingerprint density at radius 3 is 2.43 bits per heavy atom. The van der Waals surface area contributed by atoms with E-state index in [0.717, 1.165) is 21.6 Å². The Bertz CT molecular complexity index is 1110. The summed E-state index contributed by atoms with van der Waals surface area (Å²) < 4.78 is 40.7. The van der Waals surface area contributed by atoms with Crippen LogP contribution >= 0.6 is 11.3 Å². The first kappa shape index (κ1) is 22.1. The van der Waals surface area contributed by atoms with Crippen molar-refractivity contribution in [3.05, 3.63) is 87.4 Å². The smallest absolute Gasteiger partial charge is 0.240 e. The number of amides is 1. The van der Waals surface area contributed by atoms with E-state index in [9.17, 15) is 17.6 Å². The third-order valence-corrected chi connectivity index (χ3v) is 7.17. The van der Waals surface area contributed by atoms with Gasteiger partial charge in [-0.2, -0.15) is 0 Å². The Hall–Kier alpha value is -2.55. The maximum atomic E-state index is 13.3. The van der Waals surface area contributed by atoms with E-state index in [-0.39, 0.29) is 29.6 Å². The molecule has 0 aliphatic rings. The molecule has 1 heterocycles. The highest BCUT2D eigenvalue weighted by atomic mass is 32.2. The summed E-state index contributed by atoms with van der Waals surface area (Å²) in [5.41, 5.74) is 2.64. The summed E-state index contributed by atoms with van der Waals surface area (Å²) in [7, 11) is -3.69. The summed E-state index contributed by atoms with van der Waals surface area (Å²) in [4.78, 5) is 13.6.